The van der Waals surface area contributed by atoms with Crippen LogP contribution in [0.3, 0.4) is 0 Å². The van der Waals surface area contributed by atoms with Gasteiger partial charge >= 0.3 is 0 Å². The van der Waals surface area contributed by atoms with Crippen molar-refractivity contribution in [3.8, 4) is 0 Å². The van der Waals surface area contributed by atoms with Crippen LogP contribution in [0.2, 0.25) is 0 Å². The van der Waals surface area contributed by atoms with Gasteiger partial charge in [-0.25, -0.2) is 17.8 Å². The zero-order valence-corrected chi connectivity index (χ0v) is 18.8. The summed E-state index contributed by atoms with van der Waals surface area (Å²) in [6, 6.07) is 14.4. The number of anilines is 1. The summed E-state index contributed by atoms with van der Waals surface area (Å²) < 4.78 is 37.1. The van der Waals surface area contributed by atoms with E-state index in [-0.39, 0.29) is 18.3 Å². The standard InChI is InChI=1S/C22H31FN4O2S/c1-5-24-22(25-14-17(2)27(3)21-9-7-6-8-10-21)26-15-19-13-20(23)12-11-18(19)16-30(4,28)29/h6-13,17H,5,14-16H2,1-4H3,(H2,24,25,26). The molecular weight excluding hydrogens is 403 g/mol. The molecule has 0 aliphatic rings. The van der Waals surface area contributed by atoms with Gasteiger partial charge in [-0.05, 0) is 49.2 Å². The van der Waals surface area contributed by atoms with Gasteiger partial charge in [-0.3, -0.25) is 0 Å². The van der Waals surface area contributed by atoms with E-state index < -0.39 is 15.7 Å². The van der Waals surface area contributed by atoms with E-state index in [0.29, 0.717) is 30.2 Å². The van der Waals surface area contributed by atoms with Crippen LogP contribution in [0.4, 0.5) is 10.1 Å². The molecule has 0 spiro atoms. The van der Waals surface area contributed by atoms with E-state index in [2.05, 4.69) is 39.6 Å². The summed E-state index contributed by atoms with van der Waals surface area (Å²) in [4.78, 5) is 6.71. The minimum absolute atomic E-state index is 0.138. The monoisotopic (exact) mass is 434 g/mol. The Bertz CT molecular complexity index is 949. The molecule has 0 aliphatic carbocycles. The maximum atomic E-state index is 13.7. The van der Waals surface area contributed by atoms with Crippen molar-refractivity contribution >= 4 is 21.5 Å². The largest absolute Gasteiger partial charge is 0.370 e. The second-order valence-corrected chi connectivity index (χ2v) is 9.49. The molecule has 0 aromatic heterocycles. The van der Waals surface area contributed by atoms with Gasteiger partial charge in [-0.15, -0.1) is 0 Å². The molecule has 0 heterocycles. The first-order valence-electron chi connectivity index (χ1n) is 9.94. The van der Waals surface area contributed by atoms with Gasteiger partial charge in [0.05, 0.1) is 12.3 Å². The Morgan fingerprint density at radius 3 is 2.47 bits per heavy atom. The van der Waals surface area contributed by atoms with Crippen LogP contribution in [0, 0.1) is 5.82 Å². The molecule has 164 valence electrons. The first-order valence-corrected chi connectivity index (χ1v) is 12.0. The number of sulfone groups is 1. The van der Waals surface area contributed by atoms with E-state index >= 15 is 0 Å². The molecule has 0 saturated heterocycles. The second kappa shape index (κ2) is 11.0. The Morgan fingerprint density at radius 1 is 1.13 bits per heavy atom. The molecule has 0 radical (unpaired) electrons. The second-order valence-electron chi connectivity index (χ2n) is 7.35. The van der Waals surface area contributed by atoms with Crippen molar-refractivity contribution in [2.24, 2.45) is 4.99 Å². The SMILES string of the molecule is CCNC(=NCc1cc(F)ccc1CS(C)(=O)=O)NCC(C)N(C)c1ccccc1. The van der Waals surface area contributed by atoms with Gasteiger partial charge in [0.1, 0.15) is 5.82 Å². The van der Waals surface area contributed by atoms with Gasteiger partial charge in [-0.1, -0.05) is 24.3 Å². The number of halogens is 1. The molecule has 1 atom stereocenters. The Balaban J connectivity index is 2.08. The summed E-state index contributed by atoms with van der Waals surface area (Å²) in [6.07, 6.45) is 1.17. The molecule has 2 aromatic carbocycles. The summed E-state index contributed by atoms with van der Waals surface area (Å²) in [5.41, 5.74) is 2.25. The molecule has 0 fully saturated rings. The smallest absolute Gasteiger partial charge is 0.191 e. The highest BCUT2D eigenvalue weighted by Crippen LogP contribution is 2.16. The van der Waals surface area contributed by atoms with Gasteiger partial charge in [0, 0.05) is 38.1 Å². The van der Waals surface area contributed by atoms with E-state index in [1.807, 2.05) is 32.2 Å². The van der Waals surface area contributed by atoms with Crippen molar-refractivity contribution < 1.29 is 12.8 Å². The molecule has 0 bridgehead atoms. The summed E-state index contributed by atoms with van der Waals surface area (Å²) in [7, 11) is -1.19. The Hall–Kier alpha value is -2.61. The Kier molecular flexibility index (Phi) is 8.65. The first kappa shape index (κ1) is 23.7. The van der Waals surface area contributed by atoms with Crippen LogP contribution in [0.1, 0.15) is 25.0 Å². The molecule has 0 amide bonds. The van der Waals surface area contributed by atoms with Crippen molar-refractivity contribution in [1.29, 1.82) is 0 Å². The lowest BCUT2D eigenvalue weighted by Gasteiger charge is -2.28. The third kappa shape index (κ3) is 7.67. The number of hydrogen-bond acceptors (Lipinski definition) is 4. The molecular formula is C22H31FN4O2S. The topological polar surface area (TPSA) is 73.8 Å². The molecule has 0 aliphatic heterocycles. The summed E-state index contributed by atoms with van der Waals surface area (Å²) in [5.74, 6) is 0.0509. The number of aliphatic imine (C=N–C) groups is 1. The maximum Gasteiger partial charge on any atom is 0.191 e. The number of nitrogens with one attached hydrogen (secondary N) is 2. The minimum Gasteiger partial charge on any atom is -0.370 e. The van der Waals surface area contributed by atoms with Crippen LogP contribution < -0.4 is 15.5 Å². The fourth-order valence-electron chi connectivity index (χ4n) is 2.97. The number of para-hydroxylation sites is 1. The van der Waals surface area contributed by atoms with Crippen LogP contribution in [-0.2, 0) is 22.1 Å². The van der Waals surface area contributed by atoms with Crippen LogP contribution >= 0.6 is 0 Å². The number of rotatable bonds is 9. The average Bonchev–Trinajstić information content (AvgIpc) is 2.70. The number of benzene rings is 2. The van der Waals surface area contributed by atoms with E-state index in [0.717, 1.165) is 5.69 Å². The normalized spacial score (nSPS) is 13.0. The number of hydrogen-bond donors (Lipinski definition) is 2. The Labute approximate surface area is 179 Å². The summed E-state index contributed by atoms with van der Waals surface area (Å²) in [5, 5.41) is 6.49. The number of likely N-dealkylation sites (N-methyl/N-ethyl adjacent to an activating group) is 1. The highest BCUT2D eigenvalue weighted by atomic mass is 32.2. The van der Waals surface area contributed by atoms with Crippen molar-refractivity contribution in [3.05, 3.63) is 65.5 Å². The van der Waals surface area contributed by atoms with Crippen LogP contribution in [0.5, 0.6) is 0 Å². The molecule has 2 aromatic rings. The van der Waals surface area contributed by atoms with Gasteiger partial charge in [0.15, 0.2) is 15.8 Å². The van der Waals surface area contributed by atoms with Crippen molar-refractivity contribution in [2.45, 2.75) is 32.2 Å². The molecule has 1 unspecified atom stereocenters. The van der Waals surface area contributed by atoms with E-state index in [1.54, 1.807) is 0 Å². The van der Waals surface area contributed by atoms with E-state index in [9.17, 15) is 12.8 Å². The lowest BCUT2D eigenvalue weighted by Crippen LogP contribution is -2.45. The average molecular weight is 435 g/mol. The zero-order valence-electron chi connectivity index (χ0n) is 18.0. The maximum absolute atomic E-state index is 13.7. The molecule has 8 heteroatoms. The van der Waals surface area contributed by atoms with Crippen LogP contribution in [0.25, 0.3) is 0 Å². The highest BCUT2D eigenvalue weighted by Gasteiger charge is 2.12. The van der Waals surface area contributed by atoms with Crippen molar-refractivity contribution in [3.63, 3.8) is 0 Å². The number of nitrogens with zero attached hydrogens (tertiary/aromatic N) is 2. The van der Waals surface area contributed by atoms with Crippen molar-refractivity contribution in [2.75, 3.05) is 31.3 Å². The fraction of sp³-hybridized carbons (Fsp3) is 0.409. The quantitative estimate of drug-likeness (QED) is 0.469. The van der Waals surface area contributed by atoms with Crippen molar-refractivity contribution in [1.82, 2.24) is 10.6 Å². The molecule has 2 rings (SSSR count). The predicted octanol–water partition coefficient (Wildman–Crippen LogP) is 2.95. The zero-order chi connectivity index (χ0) is 22.1. The van der Waals surface area contributed by atoms with Crippen LogP contribution in [0.15, 0.2) is 53.5 Å². The van der Waals surface area contributed by atoms with Gasteiger partial charge in [-0.2, -0.15) is 0 Å². The molecule has 6 nitrogen and oxygen atoms in total. The lowest BCUT2D eigenvalue weighted by molar-refractivity contribution is 0.600. The van der Waals surface area contributed by atoms with E-state index in [1.165, 1.54) is 24.5 Å². The van der Waals surface area contributed by atoms with Gasteiger partial charge in [0.25, 0.3) is 0 Å². The van der Waals surface area contributed by atoms with Gasteiger partial charge in [0.2, 0.25) is 0 Å². The molecule has 30 heavy (non-hydrogen) atoms. The van der Waals surface area contributed by atoms with Crippen LogP contribution in [-0.4, -0.2) is 46.8 Å². The minimum atomic E-state index is -3.23. The third-order valence-corrected chi connectivity index (χ3v) is 5.56. The summed E-state index contributed by atoms with van der Waals surface area (Å²) >= 11 is 0. The number of guanidine groups is 1. The molecule has 2 N–H and O–H groups in total. The predicted molar refractivity (Wildman–Crippen MR) is 122 cm³/mol. The highest BCUT2D eigenvalue weighted by molar-refractivity contribution is 7.89. The third-order valence-electron chi connectivity index (χ3n) is 4.73. The van der Waals surface area contributed by atoms with E-state index in [4.69, 9.17) is 0 Å². The Morgan fingerprint density at radius 2 is 1.83 bits per heavy atom. The first-order chi connectivity index (χ1) is 14.2. The fourth-order valence-corrected chi connectivity index (χ4v) is 3.82. The van der Waals surface area contributed by atoms with Gasteiger partial charge < -0.3 is 15.5 Å². The molecule has 0 saturated carbocycles. The summed E-state index contributed by atoms with van der Waals surface area (Å²) in [6.45, 7) is 5.58. The lowest BCUT2D eigenvalue weighted by atomic mass is 10.1.